The lowest BCUT2D eigenvalue weighted by molar-refractivity contribution is -0.118. The second kappa shape index (κ2) is 7.42. The van der Waals surface area contributed by atoms with Crippen LogP contribution in [-0.2, 0) is 4.79 Å². The van der Waals surface area contributed by atoms with Crippen molar-refractivity contribution in [2.24, 2.45) is 0 Å². The molecule has 3 nitrogen and oxygen atoms in total. The van der Waals surface area contributed by atoms with Gasteiger partial charge in [-0.1, -0.05) is 42.5 Å². The van der Waals surface area contributed by atoms with Crippen molar-refractivity contribution in [3.8, 4) is 16.9 Å². The van der Waals surface area contributed by atoms with Crippen LogP contribution in [0.15, 0.2) is 78.9 Å². The van der Waals surface area contributed by atoms with Crippen molar-refractivity contribution in [1.29, 1.82) is 0 Å². The smallest absolute Gasteiger partial charge is 0.262 e. The minimum atomic E-state index is -0.342. The van der Waals surface area contributed by atoms with Gasteiger partial charge in [0.15, 0.2) is 6.61 Å². The van der Waals surface area contributed by atoms with Crippen molar-refractivity contribution in [3.63, 3.8) is 0 Å². The molecular weight excluding hydrogens is 305 g/mol. The monoisotopic (exact) mass is 321 g/mol. The molecule has 0 saturated heterocycles. The zero-order valence-corrected chi connectivity index (χ0v) is 12.9. The fraction of sp³-hybridized carbons (Fsp3) is 0.0500. The standard InChI is InChI=1S/C20H16FNO2/c21-17-8-12-19(13-9-17)24-14-20(23)22-18-10-6-16(7-11-18)15-4-2-1-3-5-15/h1-13H,14H2,(H,22,23). The molecule has 4 heteroatoms. The highest BCUT2D eigenvalue weighted by atomic mass is 19.1. The number of benzene rings is 3. The van der Waals surface area contributed by atoms with E-state index in [9.17, 15) is 9.18 Å². The number of rotatable bonds is 5. The first-order chi connectivity index (χ1) is 11.7. The Bertz CT molecular complexity index is 799. The predicted octanol–water partition coefficient (Wildman–Crippen LogP) is 4.51. The molecule has 0 spiro atoms. The van der Waals surface area contributed by atoms with E-state index < -0.39 is 0 Å². The van der Waals surface area contributed by atoms with Crippen molar-refractivity contribution in [1.82, 2.24) is 0 Å². The van der Waals surface area contributed by atoms with E-state index in [1.54, 1.807) is 0 Å². The Kier molecular flexibility index (Phi) is 4.87. The van der Waals surface area contributed by atoms with E-state index in [0.717, 1.165) is 11.1 Å². The Morgan fingerprint density at radius 2 is 1.46 bits per heavy atom. The number of ether oxygens (including phenoxy) is 1. The largest absolute Gasteiger partial charge is 0.484 e. The Balaban J connectivity index is 1.55. The maximum atomic E-state index is 12.8. The summed E-state index contributed by atoms with van der Waals surface area (Å²) in [6.45, 7) is -0.133. The average Bonchev–Trinajstić information content (AvgIpc) is 2.63. The van der Waals surface area contributed by atoms with Crippen molar-refractivity contribution in [3.05, 3.63) is 84.7 Å². The molecule has 0 radical (unpaired) electrons. The summed E-state index contributed by atoms with van der Waals surface area (Å²) < 4.78 is 18.1. The third-order valence-electron chi connectivity index (χ3n) is 3.46. The summed E-state index contributed by atoms with van der Waals surface area (Å²) in [5.74, 6) is -0.164. The molecule has 1 N–H and O–H groups in total. The molecule has 0 aromatic heterocycles. The number of nitrogens with one attached hydrogen (secondary N) is 1. The molecule has 3 rings (SSSR count). The van der Waals surface area contributed by atoms with E-state index in [1.165, 1.54) is 24.3 Å². The third-order valence-corrected chi connectivity index (χ3v) is 3.46. The first-order valence-electron chi connectivity index (χ1n) is 7.54. The predicted molar refractivity (Wildman–Crippen MR) is 92.4 cm³/mol. The van der Waals surface area contributed by atoms with Crippen molar-refractivity contribution in [2.45, 2.75) is 0 Å². The zero-order chi connectivity index (χ0) is 16.8. The topological polar surface area (TPSA) is 38.3 Å². The zero-order valence-electron chi connectivity index (χ0n) is 12.9. The van der Waals surface area contributed by atoms with Gasteiger partial charge in [-0.3, -0.25) is 4.79 Å². The van der Waals surface area contributed by atoms with Crippen LogP contribution in [0.4, 0.5) is 10.1 Å². The van der Waals surface area contributed by atoms with Crippen molar-refractivity contribution >= 4 is 11.6 Å². The van der Waals surface area contributed by atoms with Crippen LogP contribution in [0.2, 0.25) is 0 Å². The number of carbonyl (C=O) groups is 1. The Hall–Kier alpha value is -3.14. The molecule has 1 amide bonds. The molecular formula is C20H16FNO2. The van der Waals surface area contributed by atoms with E-state index in [0.29, 0.717) is 11.4 Å². The van der Waals surface area contributed by atoms with Crippen LogP contribution in [0, 0.1) is 5.82 Å². The number of anilines is 1. The number of halogens is 1. The molecule has 120 valence electrons. The highest BCUT2D eigenvalue weighted by Crippen LogP contribution is 2.21. The Morgan fingerprint density at radius 3 is 2.12 bits per heavy atom. The molecule has 0 aliphatic carbocycles. The first kappa shape index (κ1) is 15.7. The van der Waals surface area contributed by atoms with Crippen LogP contribution in [-0.4, -0.2) is 12.5 Å². The van der Waals surface area contributed by atoms with Crippen LogP contribution >= 0.6 is 0 Å². The SMILES string of the molecule is O=C(COc1ccc(F)cc1)Nc1ccc(-c2ccccc2)cc1. The van der Waals surface area contributed by atoms with Gasteiger partial charge in [-0.05, 0) is 47.5 Å². The fourth-order valence-corrected chi connectivity index (χ4v) is 2.25. The van der Waals surface area contributed by atoms with Gasteiger partial charge in [-0.2, -0.15) is 0 Å². The highest BCUT2D eigenvalue weighted by Gasteiger charge is 2.04. The fourth-order valence-electron chi connectivity index (χ4n) is 2.25. The lowest BCUT2D eigenvalue weighted by Gasteiger charge is -2.08. The second-order valence-electron chi connectivity index (χ2n) is 5.23. The van der Waals surface area contributed by atoms with E-state index in [2.05, 4.69) is 5.32 Å². The van der Waals surface area contributed by atoms with E-state index in [1.807, 2.05) is 54.6 Å². The molecule has 0 atom stereocenters. The average molecular weight is 321 g/mol. The number of amides is 1. The van der Waals surface area contributed by atoms with Crippen LogP contribution in [0.25, 0.3) is 11.1 Å². The van der Waals surface area contributed by atoms with Crippen LogP contribution in [0.1, 0.15) is 0 Å². The summed E-state index contributed by atoms with van der Waals surface area (Å²) >= 11 is 0. The van der Waals surface area contributed by atoms with Gasteiger partial charge in [0.2, 0.25) is 0 Å². The summed E-state index contributed by atoms with van der Waals surface area (Å²) in [6, 6.07) is 23.1. The van der Waals surface area contributed by atoms with Gasteiger partial charge in [0.25, 0.3) is 5.91 Å². The second-order valence-corrected chi connectivity index (χ2v) is 5.23. The van der Waals surface area contributed by atoms with E-state index >= 15 is 0 Å². The maximum absolute atomic E-state index is 12.8. The molecule has 0 aliphatic rings. The summed E-state index contributed by atoms with van der Waals surface area (Å²) in [5, 5.41) is 2.76. The van der Waals surface area contributed by atoms with Gasteiger partial charge in [0.1, 0.15) is 11.6 Å². The molecule has 24 heavy (non-hydrogen) atoms. The number of hydrogen-bond donors (Lipinski definition) is 1. The van der Waals surface area contributed by atoms with Crippen molar-refractivity contribution < 1.29 is 13.9 Å². The quantitative estimate of drug-likeness (QED) is 0.751. The maximum Gasteiger partial charge on any atom is 0.262 e. The Morgan fingerprint density at radius 1 is 0.833 bits per heavy atom. The highest BCUT2D eigenvalue weighted by molar-refractivity contribution is 5.92. The molecule has 0 fully saturated rings. The van der Waals surface area contributed by atoms with Gasteiger partial charge < -0.3 is 10.1 Å². The van der Waals surface area contributed by atoms with Crippen LogP contribution in [0.3, 0.4) is 0 Å². The molecule has 3 aromatic carbocycles. The molecule has 0 saturated carbocycles. The molecule has 0 bridgehead atoms. The molecule has 3 aromatic rings. The summed E-state index contributed by atoms with van der Waals surface area (Å²) in [6.07, 6.45) is 0. The molecule has 0 heterocycles. The minimum Gasteiger partial charge on any atom is -0.484 e. The number of hydrogen-bond acceptors (Lipinski definition) is 2. The first-order valence-corrected chi connectivity index (χ1v) is 7.54. The van der Waals surface area contributed by atoms with Gasteiger partial charge in [0.05, 0.1) is 0 Å². The lowest BCUT2D eigenvalue weighted by Crippen LogP contribution is -2.20. The Labute approximate surface area is 139 Å². The summed E-state index contributed by atoms with van der Waals surface area (Å²) in [5.41, 5.74) is 2.90. The van der Waals surface area contributed by atoms with Crippen LogP contribution in [0.5, 0.6) is 5.75 Å². The van der Waals surface area contributed by atoms with E-state index in [-0.39, 0.29) is 18.3 Å². The van der Waals surface area contributed by atoms with Gasteiger partial charge in [-0.25, -0.2) is 4.39 Å². The minimum absolute atomic E-state index is 0.133. The third kappa shape index (κ3) is 4.20. The van der Waals surface area contributed by atoms with Gasteiger partial charge in [-0.15, -0.1) is 0 Å². The summed E-state index contributed by atoms with van der Waals surface area (Å²) in [4.78, 5) is 11.9. The summed E-state index contributed by atoms with van der Waals surface area (Å²) in [7, 11) is 0. The van der Waals surface area contributed by atoms with Gasteiger partial charge >= 0.3 is 0 Å². The van der Waals surface area contributed by atoms with Crippen LogP contribution < -0.4 is 10.1 Å². The van der Waals surface area contributed by atoms with Crippen molar-refractivity contribution in [2.75, 3.05) is 11.9 Å². The van der Waals surface area contributed by atoms with E-state index in [4.69, 9.17) is 4.74 Å². The molecule has 0 unspecified atom stereocenters. The van der Waals surface area contributed by atoms with Gasteiger partial charge in [0, 0.05) is 5.69 Å². The molecule has 0 aliphatic heterocycles. The lowest BCUT2D eigenvalue weighted by atomic mass is 10.1. The normalized spacial score (nSPS) is 10.2. The number of carbonyl (C=O) groups excluding carboxylic acids is 1.